The average Bonchev–Trinajstić information content (AvgIpc) is 2.68. The van der Waals surface area contributed by atoms with Gasteiger partial charge in [-0.1, -0.05) is 44.2 Å². The van der Waals surface area contributed by atoms with Crippen LogP contribution in [0.3, 0.4) is 0 Å². The van der Waals surface area contributed by atoms with E-state index in [4.69, 9.17) is 10.00 Å². The lowest BCUT2D eigenvalue weighted by Gasteiger charge is -2.18. The molecule has 0 heterocycles. The zero-order valence-electron chi connectivity index (χ0n) is 16.4. The molecule has 0 bridgehead atoms. The number of nitriles is 1. The average molecular weight is 379 g/mol. The van der Waals surface area contributed by atoms with Gasteiger partial charge in [-0.3, -0.25) is 9.59 Å². The van der Waals surface area contributed by atoms with Gasteiger partial charge in [0.15, 0.2) is 6.10 Å². The number of carbonyl (C=O) groups excluding carboxylic acids is 2. The maximum atomic E-state index is 12.4. The van der Waals surface area contributed by atoms with Gasteiger partial charge in [-0.05, 0) is 42.2 Å². The molecule has 2 N–H and O–H groups in total. The van der Waals surface area contributed by atoms with Crippen molar-refractivity contribution in [2.24, 2.45) is 0 Å². The highest BCUT2D eigenvalue weighted by Crippen LogP contribution is 2.26. The Morgan fingerprint density at radius 1 is 1.07 bits per heavy atom. The summed E-state index contributed by atoms with van der Waals surface area (Å²) < 4.78 is 5.87. The third-order valence-electron chi connectivity index (χ3n) is 4.16. The largest absolute Gasteiger partial charge is 0.481 e. The quantitative estimate of drug-likeness (QED) is 0.731. The number of nitrogens with zero attached hydrogens (tertiary/aromatic N) is 1. The first-order chi connectivity index (χ1) is 13.4. The van der Waals surface area contributed by atoms with Gasteiger partial charge >= 0.3 is 0 Å². The van der Waals surface area contributed by atoms with E-state index in [-0.39, 0.29) is 18.2 Å². The molecule has 0 fully saturated rings. The molecule has 0 saturated heterocycles. The number of hydrogen-bond donors (Lipinski definition) is 2. The summed E-state index contributed by atoms with van der Waals surface area (Å²) in [4.78, 5) is 23.8. The number of anilines is 1. The van der Waals surface area contributed by atoms with E-state index >= 15 is 0 Å². The van der Waals surface area contributed by atoms with E-state index in [2.05, 4.69) is 24.5 Å². The molecule has 1 unspecified atom stereocenters. The molecule has 2 amide bonds. The topological polar surface area (TPSA) is 91.2 Å². The molecule has 0 aliphatic carbocycles. The highest BCUT2D eigenvalue weighted by atomic mass is 16.5. The summed E-state index contributed by atoms with van der Waals surface area (Å²) >= 11 is 0. The molecule has 2 aromatic carbocycles. The minimum Gasteiger partial charge on any atom is -0.481 e. The molecule has 1 atom stereocenters. The van der Waals surface area contributed by atoms with Gasteiger partial charge in [-0.25, -0.2) is 0 Å². The minimum atomic E-state index is -0.648. The monoisotopic (exact) mass is 379 g/mol. The third kappa shape index (κ3) is 6.13. The summed E-state index contributed by atoms with van der Waals surface area (Å²) in [5.41, 5.74) is 2.58. The Labute approximate surface area is 165 Å². The maximum absolute atomic E-state index is 12.4. The normalized spacial score (nSPS) is 11.4. The predicted octanol–water partition coefficient (Wildman–Crippen LogP) is 3.75. The van der Waals surface area contributed by atoms with E-state index in [1.807, 2.05) is 36.4 Å². The highest BCUT2D eigenvalue weighted by molar-refractivity contribution is 5.94. The number of carbonyl (C=O) groups is 2. The molecule has 0 aliphatic rings. The van der Waals surface area contributed by atoms with Crippen molar-refractivity contribution in [3.8, 4) is 11.8 Å². The summed E-state index contributed by atoms with van der Waals surface area (Å²) in [6.07, 6.45) is -0.809. The van der Waals surface area contributed by atoms with Gasteiger partial charge < -0.3 is 15.4 Å². The fraction of sp³-hybridized carbons (Fsp3) is 0.318. The van der Waals surface area contributed by atoms with Crippen LogP contribution in [-0.4, -0.2) is 17.9 Å². The number of hydrogen-bond acceptors (Lipinski definition) is 4. The van der Waals surface area contributed by atoms with E-state index in [9.17, 15) is 9.59 Å². The van der Waals surface area contributed by atoms with Crippen molar-refractivity contribution in [1.29, 1.82) is 5.26 Å². The zero-order chi connectivity index (χ0) is 20.5. The van der Waals surface area contributed by atoms with Crippen LogP contribution in [0.1, 0.15) is 44.2 Å². The molecule has 0 radical (unpaired) electrons. The van der Waals surface area contributed by atoms with Crippen LogP contribution in [0, 0.1) is 11.3 Å². The van der Waals surface area contributed by atoms with Crippen molar-refractivity contribution in [2.75, 3.05) is 5.32 Å². The zero-order valence-corrected chi connectivity index (χ0v) is 16.4. The van der Waals surface area contributed by atoms with Crippen LogP contribution in [0.4, 0.5) is 5.69 Å². The number of rotatable bonds is 8. The first kappa shape index (κ1) is 21.0. The lowest BCUT2D eigenvalue weighted by molar-refractivity contribution is -0.122. The molecular formula is C22H25N3O3. The van der Waals surface area contributed by atoms with Gasteiger partial charge in [0.2, 0.25) is 5.91 Å². The molecule has 0 aliphatic heterocycles. The van der Waals surface area contributed by atoms with Gasteiger partial charge in [-0.2, -0.15) is 5.26 Å². The first-order valence-electron chi connectivity index (χ1n) is 9.19. The summed E-state index contributed by atoms with van der Waals surface area (Å²) in [5, 5.41) is 14.0. The SMILES string of the molecule is CC(Oc1ccccc1C(C)C)C(=O)Nc1ccc(CNC(=O)CC#N)cc1. The third-order valence-corrected chi connectivity index (χ3v) is 4.16. The standard InChI is InChI=1S/C22H25N3O3/c1-15(2)19-6-4-5-7-20(19)28-16(3)22(27)25-18-10-8-17(9-11-18)14-24-21(26)12-13-23/h4-11,15-16H,12,14H2,1-3H3,(H,24,26)(H,25,27). The Bertz CT molecular complexity index is 854. The van der Waals surface area contributed by atoms with Crippen molar-refractivity contribution in [3.63, 3.8) is 0 Å². The number of amides is 2. The van der Waals surface area contributed by atoms with E-state index in [0.29, 0.717) is 23.9 Å². The maximum Gasteiger partial charge on any atom is 0.265 e. The Hall–Kier alpha value is -3.33. The van der Waals surface area contributed by atoms with Crippen LogP contribution < -0.4 is 15.4 Å². The number of benzene rings is 2. The van der Waals surface area contributed by atoms with Crippen LogP contribution in [0.15, 0.2) is 48.5 Å². The minimum absolute atomic E-state index is 0.161. The Balaban J connectivity index is 1.92. The van der Waals surface area contributed by atoms with Crippen LogP contribution in [-0.2, 0) is 16.1 Å². The Morgan fingerprint density at radius 2 is 1.75 bits per heavy atom. The molecule has 0 spiro atoms. The molecule has 28 heavy (non-hydrogen) atoms. The number of nitrogens with one attached hydrogen (secondary N) is 2. The fourth-order valence-electron chi connectivity index (χ4n) is 2.59. The van der Waals surface area contributed by atoms with Gasteiger partial charge in [0.1, 0.15) is 12.2 Å². The molecule has 6 nitrogen and oxygen atoms in total. The second-order valence-corrected chi connectivity index (χ2v) is 6.75. The van der Waals surface area contributed by atoms with Crippen LogP contribution in [0.25, 0.3) is 0 Å². The highest BCUT2D eigenvalue weighted by Gasteiger charge is 2.17. The lowest BCUT2D eigenvalue weighted by atomic mass is 10.0. The molecular weight excluding hydrogens is 354 g/mol. The van der Waals surface area contributed by atoms with Crippen molar-refractivity contribution in [1.82, 2.24) is 5.32 Å². The van der Waals surface area contributed by atoms with E-state index in [0.717, 1.165) is 11.1 Å². The van der Waals surface area contributed by atoms with Crippen LogP contribution in [0.2, 0.25) is 0 Å². The van der Waals surface area contributed by atoms with Crippen molar-refractivity contribution < 1.29 is 14.3 Å². The number of para-hydroxylation sites is 1. The molecule has 2 aromatic rings. The summed E-state index contributed by atoms with van der Waals surface area (Å²) in [7, 11) is 0. The van der Waals surface area contributed by atoms with Crippen LogP contribution >= 0.6 is 0 Å². The van der Waals surface area contributed by atoms with Gasteiger partial charge in [-0.15, -0.1) is 0 Å². The van der Waals surface area contributed by atoms with Gasteiger partial charge in [0.05, 0.1) is 6.07 Å². The molecule has 0 aromatic heterocycles. The Kier molecular flexibility index (Phi) is 7.58. The lowest BCUT2D eigenvalue weighted by Crippen LogP contribution is -2.30. The second kappa shape index (κ2) is 10.1. The van der Waals surface area contributed by atoms with Crippen molar-refractivity contribution in [3.05, 3.63) is 59.7 Å². The molecule has 0 saturated carbocycles. The van der Waals surface area contributed by atoms with E-state index < -0.39 is 6.10 Å². The summed E-state index contributed by atoms with van der Waals surface area (Å²) in [5.74, 6) is 0.456. The molecule has 146 valence electrons. The van der Waals surface area contributed by atoms with Gasteiger partial charge in [0, 0.05) is 12.2 Å². The fourth-order valence-corrected chi connectivity index (χ4v) is 2.59. The molecule has 6 heteroatoms. The first-order valence-corrected chi connectivity index (χ1v) is 9.19. The van der Waals surface area contributed by atoms with Gasteiger partial charge in [0.25, 0.3) is 5.91 Å². The molecule has 2 rings (SSSR count). The van der Waals surface area contributed by atoms with E-state index in [1.165, 1.54) is 0 Å². The predicted molar refractivity (Wildman–Crippen MR) is 108 cm³/mol. The summed E-state index contributed by atoms with van der Waals surface area (Å²) in [6.45, 7) is 6.21. The Morgan fingerprint density at radius 3 is 2.39 bits per heavy atom. The smallest absolute Gasteiger partial charge is 0.265 e. The van der Waals surface area contributed by atoms with E-state index in [1.54, 1.807) is 25.1 Å². The van der Waals surface area contributed by atoms with Crippen molar-refractivity contribution in [2.45, 2.75) is 45.8 Å². The van der Waals surface area contributed by atoms with Crippen molar-refractivity contribution >= 4 is 17.5 Å². The number of ether oxygens (including phenoxy) is 1. The second-order valence-electron chi connectivity index (χ2n) is 6.75. The summed E-state index contributed by atoms with van der Waals surface area (Å²) in [6, 6.07) is 16.7. The van der Waals surface area contributed by atoms with Crippen LogP contribution in [0.5, 0.6) is 5.75 Å².